The van der Waals surface area contributed by atoms with Gasteiger partial charge in [-0.2, -0.15) is 10.2 Å². The molecule has 0 bridgehead atoms. The Kier molecular flexibility index (Phi) is 7.98. The predicted molar refractivity (Wildman–Crippen MR) is 158 cm³/mol. The molecule has 0 radical (unpaired) electrons. The number of ether oxygens (including phenoxy) is 1. The zero-order valence-electron chi connectivity index (χ0n) is 22.5. The number of hydrogen-bond donors (Lipinski definition) is 0. The van der Waals surface area contributed by atoms with Gasteiger partial charge in [0.05, 0.1) is 28.9 Å². The van der Waals surface area contributed by atoms with Crippen molar-refractivity contribution in [2.45, 2.75) is 26.1 Å². The molecule has 3 aromatic carbocycles. The van der Waals surface area contributed by atoms with Crippen LogP contribution in [0.4, 0.5) is 18.9 Å². The van der Waals surface area contributed by atoms with E-state index < -0.39 is 6.36 Å². The molecule has 1 saturated heterocycles. The number of carbonyl (C=O) groups is 1. The van der Waals surface area contributed by atoms with E-state index in [4.69, 9.17) is 0 Å². The van der Waals surface area contributed by atoms with Gasteiger partial charge in [-0.05, 0) is 59.0 Å². The molecule has 210 valence electrons. The van der Waals surface area contributed by atoms with Gasteiger partial charge in [0.1, 0.15) is 5.75 Å². The lowest BCUT2D eigenvalue weighted by Crippen LogP contribution is -2.30. The SMILES string of the molecule is CC(C)c1ccccc1N1C(=O)CS/C1=N\N=C\c1ccc2c(/C=C/c3ccc(OC(F)(F)F)cc3)nn(C)c2c1. The van der Waals surface area contributed by atoms with E-state index in [9.17, 15) is 18.0 Å². The van der Waals surface area contributed by atoms with Crippen LogP contribution in [0.15, 0.2) is 76.9 Å². The summed E-state index contributed by atoms with van der Waals surface area (Å²) in [5.41, 5.74) is 4.99. The summed E-state index contributed by atoms with van der Waals surface area (Å²) in [6.07, 6.45) is 0.485. The van der Waals surface area contributed by atoms with Crippen LogP contribution in [0.3, 0.4) is 0 Å². The minimum atomic E-state index is -4.73. The molecule has 4 aromatic rings. The van der Waals surface area contributed by atoms with Gasteiger partial charge in [0.25, 0.3) is 0 Å². The molecule has 7 nitrogen and oxygen atoms in total. The molecule has 0 spiro atoms. The molecule has 1 aromatic heterocycles. The summed E-state index contributed by atoms with van der Waals surface area (Å²) < 4.78 is 42.8. The number of aromatic nitrogens is 2. The molecule has 41 heavy (non-hydrogen) atoms. The Balaban J connectivity index is 1.34. The molecule has 1 amide bonds. The molecule has 0 N–H and O–H groups in total. The van der Waals surface area contributed by atoms with Gasteiger partial charge < -0.3 is 4.74 Å². The summed E-state index contributed by atoms with van der Waals surface area (Å²) in [5, 5.41) is 14.7. The fraction of sp³-hybridized carbons (Fsp3) is 0.200. The number of benzene rings is 3. The van der Waals surface area contributed by atoms with Gasteiger partial charge in [-0.1, -0.05) is 68.1 Å². The van der Waals surface area contributed by atoms with Crippen molar-refractivity contribution in [3.05, 3.63) is 89.1 Å². The smallest absolute Gasteiger partial charge is 0.406 e. The quantitative estimate of drug-likeness (QED) is 0.172. The summed E-state index contributed by atoms with van der Waals surface area (Å²) in [7, 11) is 1.83. The Labute approximate surface area is 239 Å². The highest BCUT2D eigenvalue weighted by atomic mass is 32.2. The number of hydrogen-bond acceptors (Lipinski definition) is 6. The minimum absolute atomic E-state index is 0.0282. The number of aryl methyl sites for hydroxylation is 1. The summed E-state index contributed by atoms with van der Waals surface area (Å²) in [4.78, 5) is 14.3. The van der Waals surface area contributed by atoms with Crippen molar-refractivity contribution in [3.63, 3.8) is 0 Å². The maximum atomic E-state index is 12.7. The van der Waals surface area contributed by atoms with Crippen molar-refractivity contribution in [1.29, 1.82) is 0 Å². The highest BCUT2D eigenvalue weighted by Crippen LogP contribution is 2.33. The number of nitrogens with zero attached hydrogens (tertiary/aromatic N) is 5. The van der Waals surface area contributed by atoms with Crippen LogP contribution in [0.5, 0.6) is 5.75 Å². The van der Waals surface area contributed by atoms with Crippen molar-refractivity contribution in [1.82, 2.24) is 9.78 Å². The van der Waals surface area contributed by atoms with Gasteiger partial charge >= 0.3 is 6.36 Å². The van der Waals surface area contributed by atoms with Crippen LogP contribution in [0.25, 0.3) is 23.1 Å². The fourth-order valence-electron chi connectivity index (χ4n) is 4.46. The highest BCUT2D eigenvalue weighted by molar-refractivity contribution is 8.15. The third-order valence-electron chi connectivity index (χ3n) is 6.37. The maximum Gasteiger partial charge on any atom is 0.573 e. The number of anilines is 1. The lowest BCUT2D eigenvalue weighted by atomic mass is 10.0. The van der Waals surface area contributed by atoms with E-state index in [2.05, 4.69) is 33.9 Å². The fourth-order valence-corrected chi connectivity index (χ4v) is 5.27. The van der Waals surface area contributed by atoms with E-state index in [-0.39, 0.29) is 17.6 Å². The summed E-state index contributed by atoms with van der Waals surface area (Å²) in [5.74, 6) is 0.255. The molecular formula is C30H26F3N5O2S. The van der Waals surface area contributed by atoms with E-state index in [0.29, 0.717) is 22.2 Å². The lowest BCUT2D eigenvalue weighted by Gasteiger charge is -2.20. The molecule has 5 rings (SSSR count). The van der Waals surface area contributed by atoms with Crippen molar-refractivity contribution in [3.8, 4) is 5.75 Å². The molecule has 1 fully saturated rings. The molecule has 2 heterocycles. The first kappa shape index (κ1) is 28.2. The third-order valence-corrected chi connectivity index (χ3v) is 7.28. The first-order valence-electron chi connectivity index (χ1n) is 12.8. The molecule has 0 atom stereocenters. The zero-order chi connectivity index (χ0) is 29.1. The highest BCUT2D eigenvalue weighted by Gasteiger charge is 2.32. The minimum Gasteiger partial charge on any atom is -0.406 e. The van der Waals surface area contributed by atoms with Crippen LogP contribution in [-0.2, 0) is 11.8 Å². The number of carbonyl (C=O) groups excluding carboxylic acids is 1. The number of halogens is 3. The number of thioether (sulfide) groups is 1. The van der Waals surface area contributed by atoms with Gasteiger partial charge in [-0.3, -0.25) is 14.4 Å². The Morgan fingerprint density at radius 2 is 1.76 bits per heavy atom. The standard InChI is InChI=1S/C30H26F3N5O2S/c1-19(2)23-6-4-5-7-26(23)38-28(39)18-41-29(38)35-34-17-21-10-14-24-25(36-37(3)27(24)16-21)15-11-20-8-12-22(13-9-20)40-30(31,32)33/h4-17,19H,18H2,1-3H3/b15-11+,34-17+,35-29-. The van der Waals surface area contributed by atoms with E-state index >= 15 is 0 Å². The van der Waals surface area contributed by atoms with Crippen LogP contribution in [0, 0.1) is 0 Å². The van der Waals surface area contributed by atoms with Crippen LogP contribution < -0.4 is 9.64 Å². The third kappa shape index (κ3) is 6.51. The van der Waals surface area contributed by atoms with Crippen molar-refractivity contribution in [2.24, 2.45) is 17.3 Å². The average Bonchev–Trinajstić information content (AvgIpc) is 3.45. The molecule has 0 saturated carbocycles. The van der Waals surface area contributed by atoms with Gasteiger partial charge in [-0.15, -0.1) is 18.3 Å². The van der Waals surface area contributed by atoms with Gasteiger partial charge in [0, 0.05) is 12.4 Å². The number of alkyl halides is 3. The average molecular weight is 578 g/mol. The number of rotatable bonds is 7. The van der Waals surface area contributed by atoms with E-state index in [0.717, 1.165) is 27.7 Å². The maximum absolute atomic E-state index is 12.7. The Morgan fingerprint density at radius 1 is 1.02 bits per heavy atom. The van der Waals surface area contributed by atoms with E-state index in [1.807, 2.05) is 49.5 Å². The number of amides is 1. The van der Waals surface area contributed by atoms with Crippen molar-refractivity contribution >= 4 is 57.8 Å². The molecule has 0 unspecified atom stereocenters. The normalized spacial score (nSPS) is 15.4. The first-order chi connectivity index (χ1) is 19.6. The van der Waals surface area contributed by atoms with Crippen molar-refractivity contribution in [2.75, 3.05) is 10.7 Å². The zero-order valence-corrected chi connectivity index (χ0v) is 23.3. The van der Waals surface area contributed by atoms with Gasteiger partial charge in [0.15, 0.2) is 5.17 Å². The van der Waals surface area contributed by atoms with Gasteiger partial charge in [-0.25, -0.2) is 0 Å². The topological polar surface area (TPSA) is 72.1 Å². The molecule has 1 aliphatic rings. The second-order valence-electron chi connectivity index (χ2n) is 9.59. The second kappa shape index (κ2) is 11.6. The van der Waals surface area contributed by atoms with E-state index in [1.54, 1.807) is 27.9 Å². The second-order valence-corrected chi connectivity index (χ2v) is 10.5. The Hall–Kier alpha value is -4.38. The molecule has 1 aliphatic heterocycles. The van der Waals surface area contributed by atoms with Crippen LogP contribution in [0.2, 0.25) is 0 Å². The largest absolute Gasteiger partial charge is 0.573 e. The number of amidine groups is 1. The van der Waals surface area contributed by atoms with Crippen LogP contribution in [-0.4, -0.2) is 39.2 Å². The summed E-state index contributed by atoms with van der Waals surface area (Å²) in [6, 6.07) is 19.2. The first-order valence-corrected chi connectivity index (χ1v) is 13.7. The molecule has 11 heteroatoms. The lowest BCUT2D eigenvalue weighted by molar-refractivity contribution is -0.274. The molecular weight excluding hydrogens is 551 g/mol. The predicted octanol–water partition coefficient (Wildman–Crippen LogP) is 7.24. The Morgan fingerprint density at radius 3 is 2.49 bits per heavy atom. The summed E-state index contributed by atoms with van der Waals surface area (Å²) >= 11 is 1.36. The van der Waals surface area contributed by atoms with Gasteiger partial charge in [0.2, 0.25) is 5.91 Å². The Bertz CT molecular complexity index is 1670. The molecule has 0 aliphatic carbocycles. The van der Waals surface area contributed by atoms with E-state index in [1.165, 1.54) is 36.0 Å². The number of fused-ring (bicyclic) bond motifs is 1. The van der Waals surface area contributed by atoms with Crippen molar-refractivity contribution < 1.29 is 22.7 Å². The number of para-hydroxylation sites is 1. The van der Waals surface area contributed by atoms with Crippen LogP contribution >= 0.6 is 11.8 Å². The van der Waals surface area contributed by atoms with Crippen LogP contribution in [0.1, 0.15) is 42.1 Å². The summed E-state index contributed by atoms with van der Waals surface area (Å²) in [6.45, 7) is 4.18. The monoisotopic (exact) mass is 577 g/mol.